The lowest BCUT2D eigenvalue weighted by Gasteiger charge is -2.13. The summed E-state index contributed by atoms with van der Waals surface area (Å²) in [5.41, 5.74) is 1.63. The number of ether oxygens (including phenoxy) is 2. The van der Waals surface area contributed by atoms with Gasteiger partial charge in [0, 0.05) is 5.02 Å². The highest BCUT2D eigenvalue weighted by Gasteiger charge is 2.14. The zero-order valence-corrected chi connectivity index (χ0v) is 18.0. The molecule has 3 rings (SSSR count). The number of aliphatic carboxylic acids is 1. The fourth-order valence-corrected chi connectivity index (χ4v) is 3.37. The van der Waals surface area contributed by atoms with Gasteiger partial charge in [-0.1, -0.05) is 29.8 Å². The number of thioether (sulfide) groups is 1. The van der Waals surface area contributed by atoms with Crippen molar-refractivity contribution >= 4 is 35.4 Å². The van der Waals surface area contributed by atoms with Crippen LogP contribution in [0.2, 0.25) is 5.02 Å². The van der Waals surface area contributed by atoms with Crippen LogP contribution in [0, 0.1) is 6.92 Å². The number of H-pyrrole nitrogens is 1. The van der Waals surface area contributed by atoms with Crippen molar-refractivity contribution in [2.24, 2.45) is 0 Å². The molecule has 0 bridgehead atoms. The van der Waals surface area contributed by atoms with E-state index in [0.717, 1.165) is 17.3 Å². The van der Waals surface area contributed by atoms with E-state index in [-0.39, 0.29) is 4.91 Å². The Kier molecular flexibility index (Phi) is 7.37. The molecule has 0 atom stereocenters. The highest BCUT2D eigenvalue weighted by molar-refractivity contribution is 8.04. The summed E-state index contributed by atoms with van der Waals surface area (Å²) in [6.07, 6.45) is 1.55. The van der Waals surface area contributed by atoms with Crippen LogP contribution in [0.3, 0.4) is 0 Å². The van der Waals surface area contributed by atoms with E-state index < -0.39 is 5.97 Å². The van der Waals surface area contributed by atoms with Crippen LogP contribution in [0.15, 0.2) is 52.5 Å². The van der Waals surface area contributed by atoms with Crippen LogP contribution >= 0.6 is 23.4 Å². The smallest absolute Gasteiger partial charge is 0.342 e. The zero-order chi connectivity index (χ0) is 21.5. The van der Waals surface area contributed by atoms with Crippen LogP contribution in [0.1, 0.15) is 23.9 Å². The Bertz CT molecular complexity index is 1050. The molecule has 0 aliphatic carbocycles. The summed E-state index contributed by atoms with van der Waals surface area (Å²) < 4.78 is 11.6. The Labute approximate surface area is 183 Å². The molecule has 1 heterocycles. The molecule has 0 amide bonds. The quantitative estimate of drug-likeness (QED) is 0.354. The minimum atomic E-state index is -1.07. The number of aromatic nitrogens is 3. The Balaban J connectivity index is 1.80. The Hall–Kier alpha value is -2.97. The van der Waals surface area contributed by atoms with E-state index >= 15 is 0 Å². The van der Waals surface area contributed by atoms with Gasteiger partial charge in [0.2, 0.25) is 5.16 Å². The number of hydrogen-bond acceptors (Lipinski definition) is 6. The van der Waals surface area contributed by atoms with Gasteiger partial charge in [-0.2, -0.15) is 0 Å². The third kappa shape index (κ3) is 6.01. The second-order valence-corrected chi connectivity index (χ2v) is 7.62. The molecule has 2 aromatic carbocycles. The predicted molar refractivity (Wildman–Crippen MR) is 116 cm³/mol. The lowest BCUT2D eigenvalue weighted by Crippen LogP contribution is -2.00. The number of aromatic amines is 1. The molecule has 156 valence electrons. The summed E-state index contributed by atoms with van der Waals surface area (Å²) in [6.45, 7) is 4.42. The second-order valence-electron chi connectivity index (χ2n) is 6.17. The van der Waals surface area contributed by atoms with Gasteiger partial charge in [-0.05, 0) is 67.1 Å². The van der Waals surface area contributed by atoms with Gasteiger partial charge in [0.15, 0.2) is 11.5 Å². The molecular formula is C21H20ClN3O4S. The van der Waals surface area contributed by atoms with Crippen LogP contribution in [-0.2, 0) is 11.4 Å². The Morgan fingerprint density at radius 1 is 1.20 bits per heavy atom. The number of halogens is 1. The van der Waals surface area contributed by atoms with E-state index in [1.807, 2.05) is 19.1 Å². The van der Waals surface area contributed by atoms with Crippen molar-refractivity contribution in [3.05, 3.63) is 69.3 Å². The van der Waals surface area contributed by atoms with Crippen LogP contribution in [-0.4, -0.2) is 32.9 Å². The molecule has 3 aromatic rings. The minimum Gasteiger partial charge on any atom is -0.490 e. The maximum absolute atomic E-state index is 11.7. The summed E-state index contributed by atoms with van der Waals surface area (Å²) in [4.78, 5) is 15.9. The molecule has 0 radical (unpaired) electrons. The van der Waals surface area contributed by atoms with Crippen molar-refractivity contribution in [2.75, 3.05) is 6.61 Å². The van der Waals surface area contributed by atoms with E-state index in [4.69, 9.17) is 21.1 Å². The molecule has 0 aliphatic heterocycles. The number of aryl methyl sites for hydroxylation is 1. The van der Waals surface area contributed by atoms with Gasteiger partial charge in [0.25, 0.3) is 0 Å². The minimum absolute atomic E-state index is 0.0891. The van der Waals surface area contributed by atoms with Crippen molar-refractivity contribution in [3.63, 3.8) is 0 Å². The molecule has 2 N–H and O–H groups in total. The van der Waals surface area contributed by atoms with E-state index in [1.54, 1.807) is 43.3 Å². The third-order valence-corrected chi connectivity index (χ3v) is 4.99. The standard InChI is InChI=1S/C21H20ClN3O4S/c1-3-28-18-10-15(11-19(20(26)27)30-21-23-13(2)24-25-21)6-9-17(18)29-12-14-4-7-16(22)8-5-14/h4-11H,3,12H2,1-2H3,(H,26,27)(H,23,24,25). The van der Waals surface area contributed by atoms with E-state index in [9.17, 15) is 9.90 Å². The maximum Gasteiger partial charge on any atom is 0.342 e. The average Bonchev–Trinajstić information content (AvgIpc) is 3.13. The van der Waals surface area contributed by atoms with Crippen LogP contribution < -0.4 is 9.47 Å². The Morgan fingerprint density at radius 3 is 2.60 bits per heavy atom. The summed E-state index contributed by atoms with van der Waals surface area (Å²) in [6, 6.07) is 12.7. The summed E-state index contributed by atoms with van der Waals surface area (Å²) in [7, 11) is 0. The van der Waals surface area contributed by atoms with Gasteiger partial charge in [0.05, 0.1) is 6.61 Å². The summed E-state index contributed by atoms with van der Waals surface area (Å²) in [5.74, 6) is 0.647. The van der Waals surface area contributed by atoms with Crippen molar-refractivity contribution in [1.82, 2.24) is 15.2 Å². The van der Waals surface area contributed by atoms with Gasteiger partial charge in [0.1, 0.15) is 17.3 Å². The fourth-order valence-electron chi connectivity index (χ4n) is 2.50. The lowest BCUT2D eigenvalue weighted by atomic mass is 10.2. The van der Waals surface area contributed by atoms with Crippen LogP contribution in [0.4, 0.5) is 0 Å². The van der Waals surface area contributed by atoms with Gasteiger partial charge in [-0.15, -0.1) is 5.10 Å². The Morgan fingerprint density at radius 2 is 1.97 bits per heavy atom. The van der Waals surface area contributed by atoms with Gasteiger partial charge in [-0.25, -0.2) is 9.78 Å². The highest BCUT2D eigenvalue weighted by atomic mass is 35.5. The van der Waals surface area contributed by atoms with Crippen LogP contribution in [0.5, 0.6) is 11.5 Å². The molecule has 0 aliphatic rings. The number of nitrogens with one attached hydrogen (secondary N) is 1. The molecule has 1 aromatic heterocycles. The fraction of sp³-hybridized carbons (Fsp3) is 0.190. The summed E-state index contributed by atoms with van der Waals surface area (Å²) >= 11 is 6.88. The number of nitrogens with zero attached hydrogens (tertiary/aromatic N) is 2. The molecule has 0 fully saturated rings. The van der Waals surface area contributed by atoms with Gasteiger partial charge < -0.3 is 14.6 Å². The van der Waals surface area contributed by atoms with Gasteiger partial charge >= 0.3 is 5.97 Å². The molecule has 0 saturated carbocycles. The lowest BCUT2D eigenvalue weighted by molar-refractivity contribution is -0.131. The molecule has 0 spiro atoms. The second kappa shape index (κ2) is 10.2. The molecule has 7 nitrogen and oxygen atoms in total. The largest absolute Gasteiger partial charge is 0.490 e. The molecular weight excluding hydrogens is 426 g/mol. The average molecular weight is 446 g/mol. The number of carbonyl (C=O) groups is 1. The normalized spacial score (nSPS) is 11.4. The predicted octanol–water partition coefficient (Wildman–Crippen LogP) is 4.96. The number of hydrogen-bond donors (Lipinski definition) is 2. The summed E-state index contributed by atoms with van der Waals surface area (Å²) in [5, 5.41) is 17.2. The van der Waals surface area contributed by atoms with Crippen molar-refractivity contribution in [2.45, 2.75) is 25.6 Å². The van der Waals surface area contributed by atoms with E-state index in [1.165, 1.54) is 0 Å². The molecule has 30 heavy (non-hydrogen) atoms. The van der Waals surface area contributed by atoms with E-state index in [2.05, 4.69) is 15.2 Å². The number of rotatable bonds is 9. The number of benzene rings is 2. The molecule has 0 unspecified atom stereocenters. The van der Waals surface area contributed by atoms with Crippen molar-refractivity contribution in [3.8, 4) is 11.5 Å². The first-order chi connectivity index (χ1) is 14.4. The molecule has 9 heteroatoms. The van der Waals surface area contributed by atoms with E-state index in [0.29, 0.717) is 46.3 Å². The monoisotopic (exact) mass is 445 g/mol. The maximum atomic E-state index is 11.7. The zero-order valence-electron chi connectivity index (χ0n) is 16.4. The number of carboxylic acids is 1. The van der Waals surface area contributed by atoms with Crippen molar-refractivity contribution in [1.29, 1.82) is 0 Å². The first-order valence-corrected chi connectivity index (χ1v) is 10.3. The topological polar surface area (TPSA) is 97.3 Å². The van der Waals surface area contributed by atoms with Crippen LogP contribution in [0.25, 0.3) is 6.08 Å². The molecule has 0 saturated heterocycles. The highest BCUT2D eigenvalue weighted by Crippen LogP contribution is 2.32. The first kappa shape index (κ1) is 21.7. The van der Waals surface area contributed by atoms with Crippen molar-refractivity contribution < 1.29 is 19.4 Å². The third-order valence-electron chi connectivity index (χ3n) is 3.86. The first-order valence-electron chi connectivity index (χ1n) is 9.10. The van der Waals surface area contributed by atoms with Gasteiger partial charge in [-0.3, -0.25) is 5.10 Å². The SMILES string of the molecule is CCOc1cc(C=C(Sc2n[nH]c(C)n2)C(=O)O)ccc1OCc1ccc(Cl)cc1. The number of carboxylic acid groups (broad SMARTS) is 1.